The summed E-state index contributed by atoms with van der Waals surface area (Å²) in [4.78, 5) is 0.190. The van der Waals surface area contributed by atoms with Gasteiger partial charge in [-0.2, -0.15) is 8.42 Å². The molecule has 0 aliphatic rings. The number of rotatable bonds is 2. The van der Waals surface area contributed by atoms with E-state index in [-0.39, 0.29) is 4.90 Å². The second-order valence-electron chi connectivity index (χ2n) is 4.09. The summed E-state index contributed by atoms with van der Waals surface area (Å²) in [5.41, 5.74) is 2.34. The van der Waals surface area contributed by atoms with Gasteiger partial charge in [0.2, 0.25) is 0 Å². The number of aryl methyl sites for hydroxylation is 2. The first kappa shape index (κ1) is 15.4. The number of benzene rings is 2. The molecule has 0 saturated carbocycles. The molecule has 0 heterocycles. The maximum Gasteiger partial charge on any atom is 0.296 e. The molecule has 102 valence electrons. The van der Waals surface area contributed by atoms with Crippen molar-refractivity contribution in [2.45, 2.75) is 18.7 Å². The lowest BCUT2D eigenvalue weighted by molar-refractivity contribution is 0.398. The summed E-state index contributed by atoms with van der Waals surface area (Å²) in [5.74, 6) is 0. The molecule has 3 nitrogen and oxygen atoms in total. The van der Waals surface area contributed by atoms with Crippen molar-refractivity contribution < 1.29 is 12.6 Å². The molecule has 0 saturated heterocycles. The summed E-state index contributed by atoms with van der Waals surface area (Å²) in [6.45, 7) is 3.98. The van der Waals surface area contributed by atoms with E-state index in [1.165, 1.54) is 17.7 Å². The van der Waals surface area contributed by atoms with Crippen LogP contribution in [0.5, 0.6) is 0 Å². The van der Waals surface area contributed by atoms with Crippen molar-refractivity contribution in [2.75, 3.05) is 7.11 Å². The van der Waals surface area contributed by atoms with E-state index in [4.69, 9.17) is 0 Å². The third kappa shape index (κ3) is 5.24. The highest BCUT2D eigenvalue weighted by atomic mass is 32.2. The predicted octanol–water partition coefficient (Wildman–Crippen LogP) is 3.33. The molecular weight excluding hydrogens is 260 g/mol. The van der Waals surface area contributed by atoms with Gasteiger partial charge in [-0.15, -0.1) is 0 Å². The second-order valence-corrected chi connectivity index (χ2v) is 5.80. The first-order valence-corrected chi connectivity index (χ1v) is 7.25. The highest BCUT2D eigenvalue weighted by Gasteiger charge is 2.10. The minimum Gasteiger partial charge on any atom is -0.270 e. The van der Waals surface area contributed by atoms with Crippen LogP contribution in [0.4, 0.5) is 0 Å². The summed E-state index contributed by atoms with van der Waals surface area (Å²) in [5, 5.41) is 0. The zero-order valence-electron chi connectivity index (χ0n) is 11.3. The number of hydrogen-bond acceptors (Lipinski definition) is 3. The molecule has 2 aromatic carbocycles. The van der Waals surface area contributed by atoms with Crippen molar-refractivity contribution in [2.24, 2.45) is 0 Å². The van der Waals surface area contributed by atoms with E-state index in [2.05, 4.69) is 23.2 Å². The largest absolute Gasteiger partial charge is 0.296 e. The van der Waals surface area contributed by atoms with Crippen LogP contribution in [0, 0.1) is 13.8 Å². The molecule has 0 spiro atoms. The van der Waals surface area contributed by atoms with Crippen LogP contribution in [-0.2, 0) is 14.3 Å². The highest BCUT2D eigenvalue weighted by Crippen LogP contribution is 2.11. The Bertz CT molecular complexity index is 587. The zero-order chi connectivity index (χ0) is 14.3. The number of hydrogen-bond donors (Lipinski definition) is 0. The van der Waals surface area contributed by atoms with Gasteiger partial charge >= 0.3 is 0 Å². The first-order chi connectivity index (χ1) is 8.95. The van der Waals surface area contributed by atoms with Gasteiger partial charge in [-0.25, -0.2) is 0 Å². The van der Waals surface area contributed by atoms with Gasteiger partial charge < -0.3 is 0 Å². The molecular formula is C15H18O3S. The predicted molar refractivity (Wildman–Crippen MR) is 76.6 cm³/mol. The average molecular weight is 278 g/mol. The van der Waals surface area contributed by atoms with Gasteiger partial charge in [0.1, 0.15) is 0 Å². The summed E-state index contributed by atoms with van der Waals surface area (Å²) in [7, 11) is -2.37. The van der Waals surface area contributed by atoms with Crippen LogP contribution < -0.4 is 0 Å². The molecule has 4 heteroatoms. The lowest BCUT2D eigenvalue weighted by Crippen LogP contribution is -2.02. The van der Waals surface area contributed by atoms with E-state index in [0.29, 0.717) is 0 Å². The van der Waals surface area contributed by atoms with Gasteiger partial charge in [0.15, 0.2) is 0 Å². The Morgan fingerprint density at radius 2 is 1.26 bits per heavy atom. The fraction of sp³-hybridized carbons (Fsp3) is 0.200. The average Bonchev–Trinajstić information content (AvgIpc) is 2.41. The van der Waals surface area contributed by atoms with Gasteiger partial charge in [-0.05, 0) is 26.0 Å². The van der Waals surface area contributed by atoms with Crippen LogP contribution in [0.2, 0.25) is 0 Å². The lowest BCUT2D eigenvalue weighted by Gasteiger charge is -2.00. The van der Waals surface area contributed by atoms with Crippen molar-refractivity contribution in [3.05, 3.63) is 65.7 Å². The molecule has 2 aromatic rings. The van der Waals surface area contributed by atoms with Gasteiger partial charge in [-0.3, -0.25) is 4.18 Å². The lowest BCUT2D eigenvalue weighted by atomic mass is 10.2. The van der Waals surface area contributed by atoms with Gasteiger partial charge in [0.05, 0.1) is 12.0 Å². The third-order valence-electron chi connectivity index (χ3n) is 2.47. The molecule has 0 unspecified atom stereocenters. The highest BCUT2D eigenvalue weighted by molar-refractivity contribution is 7.86. The Morgan fingerprint density at radius 3 is 1.63 bits per heavy atom. The fourth-order valence-electron chi connectivity index (χ4n) is 1.34. The topological polar surface area (TPSA) is 43.4 Å². The summed E-state index contributed by atoms with van der Waals surface area (Å²) < 4.78 is 26.5. The first-order valence-electron chi connectivity index (χ1n) is 5.84. The monoisotopic (exact) mass is 278 g/mol. The van der Waals surface area contributed by atoms with Crippen LogP contribution in [-0.4, -0.2) is 15.5 Å². The van der Waals surface area contributed by atoms with E-state index in [1.807, 2.05) is 25.1 Å². The molecule has 0 fully saturated rings. The SMILES string of the molecule is COS(=O)(=O)c1ccc(C)cc1.Cc1ccccc1. The van der Waals surface area contributed by atoms with Crippen molar-refractivity contribution >= 4 is 10.1 Å². The molecule has 0 aliphatic carbocycles. The maximum atomic E-state index is 11.1. The molecule has 0 bridgehead atoms. The van der Waals surface area contributed by atoms with E-state index >= 15 is 0 Å². The Hall–Kier alpha value is -1.65. The normalized spacial score (nSPS) is 10.5. The van der Waals surface area contributed by atoms with Crippen molar-refractivity contribution in [3.63, 3.8) is 0 Å². The van der Waals surface area contributed by atoms with E-state index < -0.39 is 10.1 Å². The van der Waals surface area contributed by atoms with Crippen LogP contribution in [0.1, 0.15) is 11.1 Å². The zero-order valence-corrected chi connectivity index (χ0v) is 12.1. The molecule has 19 heavy (non-hydrogen) atoms. The summed E-state index contributed by atoms with van der Waals surface area (Å²) in [6.07, 6.45) is 0. The minimum atomic E-state index is -3.51. The van der Waals surface area contributed by atoms with E-state index in [1.54, 1.807) is 12.1 Å². The molecule has 0 aromatic heterocycles. The Labute approximate surface area is 115 Å². The second kappa shape index (κ2) is 7.07. The van der Waals surface area contributed by atoms with E-state index in [0.717, 1.165) is 12.7 Å². The Balaban J connectivity index is 0.000000218. The van der Waals surface area contributed by atoms with Crippen LogP contribution in [0.3, 0.4) is 0 Å². The molecule has 0 N–H and O–H groups in total. The van der Waals surface area contributed by atoms with Crippen LogP contribution in [0.15, 0.2) is 59.5 Å². The van der Waals surface area contributed by atoms with E-state index in [9.17, 15) is 8.42 Å². The Kier molecular flexibility index (Phi) is 5.73. The van der Waals surface area contributed by atoms with Crippen LogP contribution >= 0.6 is 0 Å². The van der Waals surface area contributed by atoms with Gasteiger partial charge in [0.25, 0.3) is 10.1 Å². The fourth-order valence-corrected chi connectivity index (χ4v) is 2.00. The smallest absolute Gasteiger partial charge is 0.270 e. The summed E-state index contributed by atoms with van der Waals surface area (Å²) in [6, 6.07) is 16.8. The maximum absolute atomic E-state index is 11.1. The molecule has 0 aliphatic heterocycles. The third-order valence-corrected chi connectivity index (χ3v) is 3.76. The van der Waals surface area contributed by atoms with Gasteiger partial charge in [0, 0.05) is 0 Å². The standard InChI is InChI=1S/C8H10O3S.C7H8/c1-7-3-5-8(6-4-7)12(9,10)11-2;1-7-5-3-2-4-6-7/h3-6H,1-2H3;2-6H,1H3. The minimum absolute atomic E-state index is 0.190. The molecule has 0 amide bonds. The molecule has 0 atom stereocenters. The molecule has 2 rings (SSSR count). The van der Waals surface area contributed by atoms with Crippen molar-refractivity contribution in [1.82, 2.24) is 0 Å². The van der Waals surface area contributed by atoms with Crippen molar-refractivity contribution in [3.8, 4) is 0 Å². The molecule has 0 radical (unpaired) electrons. The quantitative estimate of drug-likeness (QED) is 0.791. The van der Waals surface area contributed by atoms with Crippen LogP contribution in [0.25, 0.3) is 0 Å². The van der Waals surface area contributed by atoms with Crippen molar-refractivity contribution in [1.29, 1.82) is 0 Å². The Morgan fingerprint density at radius 1 is 0.789 bits per heavy atom. The summed E-state index contributed by atoms with van der Waals surface area (Å²) >= 11 is 0. The van der Waals surface area contributed by atoms with Gasteiger partial charge in [-0.1, -0.05) is 53.6 Å².